The Hall–Kier alpha value is -2.24. The van der Waals surface area contributed by atoms with Gasteiger partial charge < -0.3 is 19.9 Å². The number of carboxylic acid groups (broad SMARTS) is 1. The van der Waals surface area contributed by atoms with Crippen molar-refractivity contribution >= 4 is 11.9 Å². The van der Waals surface area contributed by atoms with Gasteiger partial charge in [-0.3, -0.25) is 4.79 Å². The van der Waals surface area contributed by atoms with Gasteiger partial charge in [0.15, 0.2) is 0 Å². The van der Waals surface area contributed by atoms with Gasteiger partial charge in [-0.2, -0.15) is 0 Å². The Morgan fingerprint density at radius 1 is 1.23 bits per heavy atom. The number of carboxylic acids is 1. The highest BCUT2D eigenvalue weighted by molar-refractivity contribution is 5.98. The molecule has 0 bridgehead atoms. The predicted octanol–water partition coefficient (Wildman–Crippen LogP) is 2.39. The molecule has 0 saturated carbocycles. The molecular formula is C16H23NO5. The number of amides is 1. The molecule has 22 heavy (non-hydrogen) atoms. The maximum atomic E-state index is 12.4. The van der Waals surface area contributed by atoms with E-state index in [4.69, 9.17) is 9.47 Å². The van der Waals surface area contributed by atoms with Gasteiger partial charge in [-0.15, -0.1) is 0 Å². The van der Waals surface area contributed by atoms with E-state index in [1.165, 1.54) is 21.1 Å². The summed E-state index contributed by atoms with van der Waals surface area (Å²) in [5.74, 6) is -0.516. The summed E-state index contributed by atoms with van der Waals surface area (Å²) < 4.78 is 10.5. The van der Waals surface area contributed by atoms with Gasteiger partial charge in [0.25, 0.3) is 5.91 Å². The van der Waals surface area contributed by atoms with Crippen molar-refractivity contribution in [1.29, 1.82) is 0 Å². The lowest BCUT2D eigenvalue weighted by Crippen LogP contribution is -2.52. The molecule has 6 heteroatoms. The number of hydrogen-bond acceptors (Lipinski definition) is 4. The van der Waals surface area contributed by atoms with Gasteiger partial charge in [0.05, 0.1) is 14.2 Å². The van der Waals surface area contributed by atoms with Crippen LogP contribution < -0.4 is 14.8 Å². The number of benzene rings is 1. The number of carbonyl (C=O) groups excluding carboxylic acids is 1. The highest BCUT2D eigenvalue weighted by Crippen LogP contribution is 2.29. The summed E-state index contributed by atoms with van der Waals surface area (Å²) in [6.45, 7) is 5.18. The zero-order chi connectivity index (χ0) is 16.9. The van der Waals surface area contributed by atoms with Crippen molar-refractivity contribution in [1.82, 2.24) is 5.32 Å². The second-order valence-electron chi connectivity index (χ2n) is 5.35. The normalized spacial score (nSPS) is 13.1. The van der Waals surface area contributed by atoms with Crippen LogP contribution in [0.1, 0.15) is 42.6 Å². The minimum absolute atomic E-state index is 0.294. The Labute approximate surface area is 130 Å². The van der Waals surface area contributed by atoms with E-state index in [1.807, 2.05) is 13.8 Å². The summed E-state index contributed by atoms with van der Waals surface area (Å²) in [7, 11) is 3.00. The first-order valence-corrected chi connectivity index (χ1v) is 7.07. The molecule has 0 aromatic heterocycles. The number of ether oxygens (including phenoxy) is 2. The van der Waals surface area contributed by atoms with Crippen LogP contribution in [0.4, 0.5) is 0 Å². The highest BCUT2D eigenvalue weighted by Gasteiger charge is 2.34. The van der Waals surface area contributed by atoms with E-state index in [0.29, 0.717) is 29.9 Å². The molecule has 1 atom stereocenters. The molecule has 0 aliphatic carbocycles. The lowest BCUT2D eigenvalue weighted by Gasteiger charge is -2.26. The van der Waals surface area contributed by atoms with Gasteiger partial charge in [-0.1, -0.05) is 13.3 Å². The number of aliphatic carboxylic acids is 1. The molecule has 6 nitrogen and oxygen atoms in total. The SMILES string of the molecule is CCCC(C)(NC(=O)c1cc(OC)c(C)c(OC)c1)C(=O)O. The molecule has 0 radical (unpaired) electrons. The van der Waals surface area contributed by atoms with Crippen molar-refractivity contribution in [3.8, 4) is 11.5 Å². The zero-order valence-corrected chi connectivity index (χ0v) is 13.6. The van der Waals surface area contributed by atoms with Crippen molar-refractivity contribution in [2.24, 2.45) is 0 Å². The Morgan fingerprint density at radius 2 is 1.73 bits per heavy atom. The van der Waals surface area contributed by atoms with E-state index in [2.05, 4.69) is 5.32 Å². The third-order valence-corrected chi connectivity index (χ3v) is 3.63. The first kappa shape index (κ1) is 17.8. The molecule has 0 fully saturated rings. The summed E-state index contributed by atoms with van der Waals surface area (Å²) in [6.07, 6.45) is 0.984. The van der Waals surface area contributed by atoms with Crippen molar-refractivity contribution in [3.63, 3.8) is 0 Å². The second kappa shape index (κ2) is 7.15. The quantitative estimate of drug-likeness (QED) is 0.808. The molecule has 0 aliphatic rings. The lowest BCUT2D eigenvalue weighted by atomic mass is 9.95. The average Bonchev–Trinajstić information content (AvgIpc) is 2.47. The fraction of sp³-hybridized carbons (Fsp3) is 0.500. The van der Waals surface area contributed by atoms with E-state index in [1.54, 1.807) is 12.1 Å². The molecule has 0 spiro atoms. The second-order valence-corrected chi connectivity index (χ2v) is 5.35. The van der Waals surface area contributed by atoms with Crippen LogP contribution in [-0.4, -0.2) is 36.7 Å². The smallest absolute Gasteiger partial charge is 0.329 e. The van der Waals surface area contributed by atoms with Gasteiger partial charge in [-0.05, 0) is 32.4 Å². The molecule has 0 saturated heterocycles. The number of hydrogen-bond donors (Lipinski definition) is 2. The van der Waals surface area contributed by atoms with Crippen LogP contribution in [-0.2, 0) is 4.79 Å². The molecular weight excluding hydrogens is 286 g/mol. The molecule has 122 valence electrons. The summed E-state index contributed by atoms with van der Waals surface area (Å²) >= 11 is 0. The van der Waals surface area contributed by atoms with Gasteiger partial charge in [0.1, 0.15) is 17.0 Å². The summed E-state index contributed by atoms with van der Waals surface area (Å²) in [5.41, 5.74) is -0.240. The van der Waals surface area contributed by atoms with Crippen molar-refractivity contribution in [2.45, 2.75) is 39.2 Å². The number of methoxy groups -OCH3 is 2. The van der Waals surface area contributed by atoms with Crippen LogP contribution in [0.15, 0.2) is 12.1 Å². The highest BCUT2D eigenvalue weighted by atomic mass is 16.5. The molecule has 2 N–H and O–H groups in total. The van der Waals surface area contributed by atoms with Gasteiger partial charge >= 0.3 is 5.97 Å². The van der Waals surface area contributed by atoms with Crippen LogP contribution in [0, 0.1) is 6.92 Å². The third-order valence-electron chi connectivity index (χ3n) is 3.63. The zero-order valence-electron chi connectivity index (χ0n) is 13.6. The Morgan fingerprint density at radius 3 is 2.09 bits per heavy atom. The van der Waals surface area contributed by atoms with Crippen LogP contribution >= 0.6 is 0 Å². The van der Waals surface area contributed by atoms with Gasteiger partial charge in [0.2, 0.25) is 0 Å². The topological polar surface area (TPSA) is 84.9 Å². The fourth-order valence-corrected chi connectivity index (χ4v) is 2.26. The predicted molar refractivity (Wildman–Crippen MR) is 82.7 cm³/mol. The minimum Gasteiger partial charge on any atom is -0.496 e. The van der Waals surface area contributed by atoms with Crippen LogP contribution in [0.5, 0.6) is 11.5 Å². The van der Waals surface area contributed by atoms with E-state index >= 15 is 0 Å². The number of carbonyl (C=O) groups is 2. The maximum Gasteiger partial charge on any atom is 0.329 e. The Kier molecular flexibility index (Phi) is 5.79. The van der Waals surface area contributed by atoms with E-state index in [9.17, 15) is 14.7 Å². The van der Waals surface area contributed by atoms with E-state index < -0.39 is 17.4 Å². The van der Waals surface area contributed by atoms with Crippen LogP contribution in [0.3, 0.4) is 0 Å². The van der Waals surface area contributed by atoms with Gasteiger partial charge in [0, 0.05) is 11.1 Å². The molecule has 1 unspecified atom stereocenters. The van der Waals surface area contributed by atoms with Crippen molar-refractivity contribution in [2.75, 3.05) is 14.2 Å². The Balaban J connectivity index is 3.15. The lowest BCUT2D eigenvalue weighted by molar-refractivity contribution is -0.144. The van der Waals surface area contributed by atoms with Crippen LogP contribution in [0.25, 0.3) is 0 Å². The summed E-state index contributed by atoms with van der Waals surface area (Å²) in [4.78, 5) is 23.8. The van der Waals surface area contributed by atoms with Crippen molar-refractivity contribution in [3.05, 3.63) is 23.3 Å². The van der Waals surface area contributed by atoms with E-state index in [-0.39, 0.29) is 0 Å². The molecule has 1 rings (SSSR count). The largest absolute Gasteiger partial charge is 0.496 e. The average molecular weight is 309 g/mol. The summed E-state index contributed by atoms with van der Waals surface area (Å²) in [6, 6.07) is 3.14. The Bertz CT molecular complexity index is 545. The van der Waals surface area contributed by atoms with Crippen LogP contribution in [0.2, 0.25) is 0 Å². The van der Waals surface area contributed by atoms with Crippen molar-refractivity contribution < 1.29 is 24.2 Å². The molecule has 1 aromatic rings. The standard InChI is InChI=1S/C16H23NO5/c1-6-7-16(3,15(19)20)17-14(18)11-8-12(21-4)10(2)13(9-11)22-5/h8-9H,6-7H2,1-5H3,(H,17,18)(H,19,20). The minimum atomic E-state index is -1.31. The maximum absolute atomic E-state index is 12.4. The fourth-order valence-electron chi connectivity index (χ4n) is 2.26. The number of nitrogens with one attached hydrogen (secondary N) is 1. The monoisotopic (exact) mass is 309 g/mol. The third kappa shape index (κ3) is 3.69. The summed E-state index contributed by atoms with van der Waals surface area (Å²) in [5, 5.41) is 11.9. The number of rotatable bonds is 7. The molecule has 1 amide bonds. The van der Waals surface area contributed by atoms with Gasteiger partial charge in [-0.25, -0.2) is 4.79 Å². The first-order chi connectivity index (χ1) is 10.3. The van der Waals surface area contributed by atoms with E-state index in [0.717, 1.165) is 5.56 Å². The first-order valence-electron chi connectivity index (χ1n) is 7.07. The molecule has 1 aromatic carbocycles. The molecule has 0 heterocycles. The molecule has 0 aliphatic heterocycles.